The van der Waals surface area contributed by atoms with E-state index in [1.54, 1.807) is 20.1 Å². The summed E-state index contributed by atoms with van der Waals surface area (Å²) in [4.78, 5) is 11.6. The van der Waals surface area contributed by atoms with Crippen LogP contribution >= 0.6 is 0 Å². The second kappa shape index (κ2) is 7.50. The van der Waals surface area contributed by atoms with Gasteiger partial charge in [0.2, 0.25) is 0 Å². The second-order valence-corrected chi connectivity index (χ2v) is 3.72. The van der Waals surface area contributed by atoms with Crippen molar-refractivity contribution in [3.63, 3.8) is 0 Å². The van der Waals surface area contributed by atoms with Crippen LogP contribution < -0.4 is 4.74 Å². The average Bonchev–Trinajstić information content (AvgIpc) is 2.42. The molecule has 0 aromatic heterocycles. The van der Waals surface area contributed by atoms with Gasteiger partial charge in [-0.15, -0.1) is 6.58 Å². The molecule has 98 valence electrons. The van der Waals surface area contributed by atoms with Crippen molar-refractivity contribution >= 4 is 5.97 Å². The summed E-state index contributed by atoms with van der Waals surface area (Å²) in [7, 11) is 1.59. The Balaban J connectivity index is 2.43. The van der Waals surface area contributed by atoms with Crippen LogP contribution in [0.2, 0.25) is 0 Å². The van der Waals surface area contributed by atoms with Crippen LogP contribution in [0.4, 0.5) is 0 Å². The molecule has 1 atom stereocenters. The Morgan fingerprint density at radius 2 is 2.28 bits per heavy atom. The minimum atomic E-state index is -0.589. The van der Waals surface area contributed by atoms with Crippen LogP contribution in [0.25, 0.3) is 0 Å². The molecule has 1 aromatic carbocycles. The largest absolute Gasteiger partial charge is 0.497 e. The third-order valence-electron chi connectivity index (χ3n) is 2.31. The number of benzene rings is 1. The van der Waals surface area contributed by atoms with E-state index >= 15 is 0 Å². The van der Waals surface area contributed by atoms with Crippen molar-refractivity contribution in [3.8, 4) is 5.75 Å². The van der Waals surface area contributed by atoms with Gasteiger partial charge < -0.3 is 14.2 Å². The number of carbonyl (C=O) groups excluding carboxylic acids is 1. The van der Waals surface area contributed by atoms with Gasteiger partial charge in [0.15, 0.2) is 6.10 Å². The van der Waals surface area contributed by atoms with Gasteiger partial charge in [-0.25, -0.2) is 4.79 Å². The molecule has 0 N–H and O–H groups in total. The zero-order valence-electron chi connectivity index (χ0n) is 10.7. The van der Waals surface area contributed by atoms with Gasteiger partial charge in [-0.05, 0) is 24.6 Å². The van der Waals surface area contributed by atoms with Crippen LogP contribution in [0, 0.1) is 0 Å². The number of methoxy groups -OCH3 is 1. The van der Waals surface area contributed by atoms with E-state index < -0.39 is 6.10 Å². The first-order valence-electron chi connectivity index (χ1n) is 5.69. The summed E-state index contributed by atoms with van der Waals surface area (Å²) >= 11 is 0. The molecule has 0 bridgehead atoms. The van der Waals surface area contributed by atoms with Gasteiger partial charge in [0, 0.05) is 0 Å². The third kappa shape index (κ3) is 4.59. The Labute approximate surface area is 107 Å². The molecule has 1 rings (SSSR count). The Morgan fingerprint density at radius 1 is 1.50 bits per heavy atom. The van der Waals surface area contributed by atoms with Crippen LogP contribution in [-0.4, -0.2) is 25.8 Å². The van der Waals surface area contributed by atoms with Gasteiger partial charge in [-0.1, -0.05) is 18.2 Å². The van der Waals surface area contributed by atoms with Gasteiger partial charge in [0.05, 0.1) is 13.7 Å². The molecule has 0 saturated heterocycles. The molecule has 0 aliphatic carbocycles. The summed E-state index contributed by atoms with van der Waals surface area (Å²) in [6.45, 7) is 5.70. The first-order valence-corrected chi connectivity index (χ1v) is 5.69. The third-order valence-corrected chi connectivity index (χ3v) is 2.31. The summed E-state index contributed by atoms with van der Waals surface area (Å²) < 4.78 is 15.4. The van der Waals surface area contributed by atoms with Crippen LogP contribution in [0.3, 0.4) is 0 Å². The van der Waals surface area contributed by atoms with Crippen molar-refractivity contribution in [2.75, 3.05) is 13.7 Å². The fourth-order valence-electron chi connectivity index (χ4n) is 1.31. The van der Waals surface area contributed by atoms with E-state index in [2.05, 4.69) is 6.58 Å². The van der Waals surface area contributed by atoms with E-state index in [1.807, 2.05) is 24.3 Å². The first-order chi connectivity index (χ1) is 8.67. The molecule has 0 unspecified atom stereocenters. The normalized spacial score (nSPS) is 11.7. The fraction of sp³-hybridized carbons (Fsp3) is 0.357. The molecular formula is C14H18O4. The van der Waals surface area contributed by atoms with E-state index in [0.717, 1.165) is 11.3 Å². The predicted molar refractivity (Wildman–Crippen MR) is 68.4 cm³/mol. The highest BCUT2D eigenvalue weighted by Crippen LogP contribution is 2.13. The number of hydrogen-bond donors (Lipinski definition) is 0. The molecule has 0 heterocycles. The molecule has 0 radical (unpaired) electrons. The van der Waals surface area contributed by atoms with Crippen molar-refractivity contribution in [1.29, 1.82) is 0 Å². The van der Waals surface area contributed by atoms with Gasteiger partial charge in [-0.3, -0.25) is 0 Å². The van der Waals surface area contributed by atoms with Gasteiger partial charge >= 0.3 is 5.97 Å². The van der Waals surface area contributed by atoms with Crippen LogP contribution in [0.1, 0.15) is 12.5 Å². The zero-order valence-corrected chi connectivity index (χ0v) is 10.7. The molecule has 0 aliphatic rings. The number of ether oxygens (including phenoxy) is 3. The zero-order chi connectivity index (χ0) is 13.4. The first kappa shape index (κ1) is 14.3. The van der Waals surface area contributed by atoms with Gasteiger partial charge in [0.1, 0.15) is 12.4 Å². The summed E-state index contributed by atoms with van der Waals surface area (Å²) in [5, 5.41) is 0. The summed E-state index contributed by atoms with van der Waals surface area (Å²) in [6.07, 6.45) is 1.000. The SMILES string of the molecule is C=CCO[C@@H](C)C(=O)OCc1cccc(OC)c1. The highest BCUT2D eigenvalue weighted by atomic mass is 16.6. The van der Waals surface area contributed by atoms with E-state index in [1.165, 1.54) is 0 Å². The number of rotatable bonds is 7. The second-order valence-electron chi connectivity index (χ2n) is 3.72. The smallest absolute Gasteiger partial charge is 0.335 e. The topological polar surface area (TPSA) is 44.8 Å². The molecule has 0 amide bonds. The lowest BCUT2D eigenvalue weighted by molar-refractivity contribution is -0.156. The van der Waals surface area contributed by atoms with Crippen LogP contribution in [0.15, 0.2) is 36.9 Å². The van der Waals surface area contributed by atoms with Crippen molar-refractivity contribution in [2.24, 2.45) is 0 Å². The molecule has 4 heteroatoms. The standard InChI is InChI=1S/C14H18O4/c1-4-8-17-11(2)14(15)18-10-12-6-5-7-13(9-12)16-3/h4-7,9,11H,1,8,10H2,2-3H3/t11-/m0/s1. The van der Waals surface area contributed by atoms with E-state index in [0.29, 0.717) is 6.61 Å². The van der Waals surface area contributed by atoms with E-state index in [-0.39, 0.29) is 12.6 Å². The molecular weight excluding hydrogens is 232 g/mol. The number of esters is 1. The van der Waals surface area contributed by atoms with Gasteiger partial charge in [0.25, 0.3) is 0 Å². The van der Waals surface area contributed by atoms with Crippen molar-refractivity contribution in [2.45, 2.75) is 19.6 Å². The molecule has 18 heavy (non-hydrogen) atoms. The maximum atomic E-state index is 11.6. The van der Waals surface area contributed by atoms with Crippen molar-refractivity contribution in [3.05, 3.63) is 42.5 Å². The van der Waals surface area contributed by atoms with E-state index in [9.17, 15) is 4.79 Å². The lowest BCUT2D eigenvalue weighted by Gasteiger charge is -2.11. The lowest BCUT2D eigenvalue weighted by Crippen LogP contribution is -2.23. The van der Waals surface area contributed by atoms with Gasteiger partial charge in [-0.2, -0.15) is 0 Å². The molecule has 0 fully saturated rings. The van der Waals surface area contributed by atoms with Crippen LogP contribution in [0.5, 0.6) is 5.75 Å². The maximum Gasteiger partial charge on any atom is 0.335 e. The number of carbonyl (C=O) groups is 1. The molecule has 0 saturated carbocycles. The summed E-state index contributed by atoms with van der Waals surface area (Å²) in [5.41, 5.74) is 0.874. The van der Waals surface area contributed by atoms with E-state index in [4.69, 9.17) is 14.2 Å². The summed E-state index contributed by atoms with van der Waals surface area (Å²) in [5.74, 6) is 0.346. The maximum absolute atomic E-state index is 11.6. The number of hydrogen-bond acceptors (Lipinski definition) is 4. The predicted octanol–water partition coefficient (Wildman–Crippen LogP) is 2.33. The molecule has 1 aromatic rings. The lowest BCUT2D eigenvalue weighted by atomic mass is 10.2. The monoisotopic (exact) mass is 250 g/mol. The Bertz CT molecular complexity index is 401. The fourth-order valence-corrected chi connectivity index (χ4v) is 1.31. The highest BCUT2D eigenvalue weighted by molar-refractivity contribution is 5.74. The quantitative estimate of drug-likeness (QED) is 0.550. The Kier molecular flexibility index (Phi) is 5.94. The average molecular weight is 250 g/mol. The highest BCUT2D eigenvalue weighted by Gasteiger charge is 2.14. The Hall–Kier alpha value is -1.81. The minimum Gasteiger partial charge on any atom is -0.497 e. The summed E-state index contributed by atoms with van der Waals surface area (Å²) in [6, 6.07) is 7.37. The molecule has 0 aliphatic heterocycles. The van der Waals surface area contributed by atoms with Crippen LogP contribution in [-0.2, 0) is 20.9 Å². The van der Waals surface area contributed by atoms with Crippen molar-refractivity contribution in [1.82, 2.24) is 0 Å². The minimum absolute atomic E-state index is 0.206. The Morgan fingerprint density at radius 3 is 2.94 bits per heavy atom. The molecule has 4 nitrogen and oxygen atoms in total. The molecule has 0 spiro atoms. The van der Waals surface area contributed by atoms with Crippen molar-refractivity contribution < 1.29 is 19.0 Å².